The number of phosphoric ester groups is 1. The molecule has 24 heteroatoms. The van der Waals surface area contributed by atoms with Crippen LogP contribution >= 0.6 is 23.5 Å². The molecule has 0 aliphatic carbocycles. The Hall–Kier alpha value is -3.18. The van der Waals surface area contributed by atoms with Crippen LogP contribution in [0, 0.1) is 27.4 Å². The Morgan fingerprint density at radius 2 is 1.90 bits per heavy atom. The quantitative estimate of drug-likeness (QED) is 0.0741. The topological polar surface area (TPSA) is 322 Å². The Labute approximate surface area is 271 Å². The standard InChI is InChI=1S/C24H31N6O15P3/c1-13(2)5-19(16-6-14(8-25)3-4-17(16)30(32)33)41-10-15-9-29(24-22(15)23(26)27-12-28-24)21-7-18(31)20(43-21)11-42-47(37,38)45-48(39,40)44-46(34,35)36/h3-4,6,9,12-13,18-21,31H,5,7,10-11H2,1-2H3,(H,37,38)(H,39,40)(H2,26,27,28)(H2,34,35,36)/t18-,19-,20-,21-/m1/s1. The van der Waals surface area contributed by atoms with Crippen LogP contribution in [-0.2, 0) is 42.9 Å². The number of nitro benzene ring substituents is 1. The van der Waals surface area contributed by atoms with Crippen molar-refractivity contribution in [1.82, 2.24) is 14.5 Å². The number of nitrogens with zero attached hydrogens (tertiary/aromatic N) is 5. The smallest absolute Gasteiger partial charge is 0.390 e. The molecule has 1 saturated heterocycles. The SMILES string of the molecule is CC(C)C[C@@H](OCc1cn([C@H]2C[C@@H](O)[C@@H](COP(=O)(O)OP(=O)(O)OP(=O)(O)O)O2)c2ncnc(N)c12)c1cc(C#N)ccc1[N+](=O)[O-]. The number of aliphatic hydroxyl groups excluding tert-OH is 1. The van der Waals surface area contributed by atoms with Gasteiger partial charge in [0.2, 0.25) is 0 Å². The zero-order chi connectivity index (χ0) is 35.6. The second-order valence-corrected chi connectivity index (χ2v) is 15.3. The van der Waals surface area contributed by atoms with Crippen molar-refractivity contribution in [2.24, 2.45) is 5.92 Å². The Kier molecular flexibility index (Phi) is 11.6. The third-order valence-electron chi connectivity index (χ3n) is 6.88. The molecule has 1 fully saturated rings. The predicted octanol–water partition coefficient (Wildman–Crippen LogP) is 3.09. The molecule has 2 unspecified atom stereocenters. The number of anilines is 1. The zero-order valence-electron chi connectivity index (χ0n) is 25.1. The molecule has 48 heavy (non-hydrogen) atoms. The number of hydrogen-bond acceptors (Lipinski definition) is 15. The summed E-state index contributed by atoms with van der Waals surface area (Å²) in [6, 6.07) is 5.96. The third-order valence-corrected chi connectivity index (χ3v) is 10.7. The molecule has 4 rings (SSSR count). The number of aromatic nitrogens is 3. The number of nitrogen functional groups attached to an aromatic ring is 1. The van der Waals surface area contributed by atoms with E-state index in [1.54, 1.807) is 6.20 Å². The average Bonchev–Trinajstić information content (AvgIpc) is 3.52. The molecule has 3 aromatic rings. The number of fused-ring (bicyclic) bond motifs is 1. The summed E-state index contributed by atoms with van der Waals surface area (Å²) in [6.45, 7) is 2.76. The van der Waals surface area contributed by atoms with E-state index in [1.807, 2.05) is 19.9 Å². The van der Waals surface area contributed by atoms with Crippen LogP contribution in [0.25, 0.3) is 11.0 Å². The van der Waals surface area contributed by atoms with Crippen molar-refractivity contribution in [2.75, 3.05) is 12.3 Å². The minimum Gasteiger partial charge on any atom is -0.390 e. The summed E-state index contributed by atoms with van der Waals surface area (Å²) < 4.78 is 60.0. The fourth-order valence-corrected chi connectivity index (χ4v) is 8.00. The van der Waals surface area contributed by atoms with Gasteiger partial charge in [-0.05, 0) is 24.5 Å². The zero-order valence-corrected chi connectivity index (χ0v) is 27.8. The van der Waals surface area contributed by atoms with Crippen molar-refractivity contribution < 1.29 is 65.9 Å². The lowest BCUT2D eigenvalue weighted by Crippen LogP contribution is -2.26. The first kappa shape index (κ1) is 37.6. The van der Waals surface area contributed by atoms with Crippen molar-refractivity contribution in [1.29, 1.82) is 5.26 Å². The van der Waals surface area contributed by atoms with Crippen LogP contribution in [0.4, 0.5) is 11.5 Å². The van der Waals surface area contributed by atoms with E-state index in [1.165, 1.54) is 29.1 Å². The lowest BCUT2D eigenvalue weighted by molar-refractivity contribution is -0.386. The summed E-state index contributed by atoms with van der Waals surface area (Å²) in [5.74, 6) is 0.0862. The van der Waals surface area contributed by atoms with E-state index in [4.69, 9.17) is 25.0 Å². The van der Waals surface area contributed by atoms with Gasteiger partial charge >= 0.3 is 23.5 Å². The molecule has 3 heterocycles. The van der Waals surface area contributed by atoms with Gasteiger partial charge in [0.25, 0.3) is 5.69 Å². The molecular formula is C24H31N6O15P3. The van der Waals surface area contributed by atoms with Crippen molar-refractivity contribution in [3.63, 3.8) is 0 Å². The molecule has 0 spiro atoms. The monoisotopic (exact) mass is 736 g/mol. The number of phosphoric acid groups is 3. The van der Waals surface area contributed by atoms with E-state index in [9.17, 15) is 44.0 Å². The molecule has 1 aliphatic rings. The Bertz CT molecular complexity index is 1860. The van der Waals surface area contributed by atoms with Gasteiger partial charge in [-0.15, -0.1) is 0 Å². The van der Waals surface area contributed by atoms with Crippen molar-refractivity contribution in [3.05, 3.63) is 57.5 Å². The number of rotatable bonds is 15. The number of nitriles is 1. The van der Waals surface area contributed by atoms with Crippen LogP contribution in [0.2, 0.25) is 0 Å². The summed E-state index contributed by atoms with van der Waals surface area (Å²) in [5, 5.41) is 32.2. The van der Waals surface area contributed by atoms with Gasteiger partial charge in [-0.25, -0.2) is 23.7 Å². The fraction of sp³-hybridized carbons (Fsp3) is 0.458. The highest BCUT2D eigenvalue weighted by atomic mass is 31.3. The van der Waals surface area contributed by atoms with Gasteiger partial charge in [0.1, 0.15) is 30.1 Å². The maximum atomic E-state index is 12.1. The highest BCUT2D eigenvalue weighted by molar-refractivity contribution is 7.66. The largest absolute Gasteiger partial charge is 0.490 e. The summed E-state index contributed by atoms with van der Waals surface area (Å²) in [7, 11) is -16.8. The van der Waals surface area contributed by atoms with Crippen LogP contribution in [0.1, 0.15) is 55.7 Å². The third kappa shape index (κ3) is 9.49. The maximum absolute atomic E-state index is 12.1. The summed E-state index contributed by atoms with van der Waals surface area (Å²) in [4.78, 5) is 56.0. The number of nitrogens with two attached hydrogens (primary N) is 1. The van der Waals surface area contributed by atoms with E-state index < -0.39 is 59.5 Å². The second-order valence-electron chi connectivity index (χ2n) is 10.9. The molecule has 7 N–H and O–H groups in total. The molecule has 21 nitrogen and oxygen atoms in total. The van der Waals surface area contributed by atoms with E-state index in [0.29, 0.717) is 17.4 Å². The first-order chi connectivity index (χ1) is 22.3. The summed E-state index contributed by atoms with van der Waals surface area (Å²) in [6.07, 6.45) is -1.50. The van der Waals surface area contributed by atoms with E-state index in [2.05, 4.69) is 23.1 Å². The highest BCUT2D eigenvalue weighted by Gasteiger charge is 2.43. The second kappa shape index (κ2) is 14.7. The number of hydrogen-bond donors (Lipinski definition) is 6. The number of nitro groups is 1. The molecule has 0 saturated carbocycles. The van der Waals surface area contributed by atoms with Crippen LogP contribution in [0.5, 0.6) is 0 Å². The molecule has 0 amide bonds. The first-order valence-corrected chi connectivity index (χ1v) is 18.3. The summed E-state index contributed by atoms with van der Waals surface area (Å²) >= 11 is 0. The van der Waals surface area contributed by atoms with Crippen LogP contribution in [0.15, 0.2) is 30.7 Å². The lowest BCUT2D eigenvalue weighted by atomic mass is 9.96. The minimum atomic E-state index is -5.75. The molecule has 262 valence electrons. The maximum Gasteiger partial charge on any atom is 0.490 e. The molecule has 0 radical (unpaired) electrons. The van der Waals surface area contributed by atoms with E-state index in [0.717, 1.165) is 0 Å². The average molecular weight is 736 g/mol. The number of benzene rings is 1. The van der Waals surface area contributed by atoms with Crippen molar-refractivity contribution in [3.8, 4) is 6.07 Å². The van der Waals surface area contributed by atoms with Crippen LogP contribution in [0.3, 0.4) is 0 Å². The Balaban J connectivity index is 1.56. The van der Waals surface area contributed by atoms with Gasteiger partial charge in [0.15, 0.2) is 0 Å². The normalized spacial score (nSPS) is 21.5. The van der Waals surface area contributed by atoms with Gasteiger partial charge in [0.05, 0.1) is 52.9 Å². The molecular weight excluding hydrogens is 705 g/mol. The number of ether oxygens (including phenoxy) is 2. The van der Waals surface area contributed by atoms with Gasteiger partial charge < -0.3 is 44.5 Å². The molecule has 6 atom stereocenters. The van der Waals surface area contributed by atoms with E-state index in [-0.39, 0.29) is 47.2 Å². The van der Waals surface area contributed by atoms with Gasteiger partial charge in [-0.2, -0.15) is 13.9 Å². The Morgan fingerprint density at radius 1 is 1.19 bits per heavy atom. The molecule has 0 bridgehead atoms. The Morgan fingerprint density at radius 3 is 2.52 bits per heavy atom. The minimum absolute atomic E-state index is 0.0326. The van der Waals surface area contributed by atoms with E-state index >= 15 is 0 Å². The molecule has 2 aromatic heterocycles. The lowest BCUT2D eigenvalue weighted by Gasteiger charge is -2.20. The highest BCUT2D eigenvalue weighted by Crippen LogP contribution is 2.66. The van der Waals surface area contributed by atoms with Crippen molar-refractivity contribution >= 4 is 46.0 Å². The first-order valence-electron chi connectivity index (χ1n) is 13.8. The van der Waals surface area contributed by atoms with Crippen LogP contribution < -0.4 is 5.73 Å². The van der Waals surface area contributed by atoms with Gasteiger partial charge in [-0.3, -0.25) is 14.6 Å². The van der Waals surface area contributed by atoms with Crippen LogP contribution in [-0.4, -0.2) is 63.0 Å². The van der Waals surface area contributed by atoms with Gasteiger partial charge in [-0.1, -0.05) is 13.8 Å². The number of aliphatic hydroxyl groups is 1. The summed E-state index contributed by atoms with van der Waals surface area (Å²) in [5.41, 5.74) is 7.05. The fourth-order valence-electron chi connectivity index (χ4n) is 4.97. The van der Waals surface area contributed by atoms with Gasteiger partial charge in [0, 0.05) is 24.2 Å². The predicted molar refractivity (Wildman–Crippen MR) is 161 cm³/mol. The molecule has 1 aliphatic heterocycles. The molecule has 1 aromatic carbocycles. The van der Waals surface area contributed by atoms with Crippen molar-refractivity contribution in [2.45, 2.75) is 57.8 Å².